The first kappa shape index (κ1) is 13.9. The molecule has 112 valence electrons. The molecule has 3 rings (SSSR count). The highest BCUT2D eigenvalue weighted by Gasteiger charge is 2.40. The van der Waals surface area contributed by atoms with Crippen LogP contribution in [-0.2, 0) is 9.59 Å². The summed E-state index contributed by atoms with van der Waals surface area (Å²) in [6, 6.07) is -0.275. The number of hydrogen-bond acceptors (Lipinski definition) is 3. The van der Waals surface area contributed by atoms with E-state index in [0.717, 1.165) is 45.4 Å². The number of piperidine rings is 1. The van der Waals surface area contributed by atoms with Gasteiger partial charge in [-0.05, 0) is 44.7 Å². The van der Waals surface area contributed by atoms with Crippen LogP contribution >= 0.6 is 0 Å². The van der Waals surface area contributed by atoms with Crippen molar-refractivity contribution < 1.29 is 9.59 Å². The van der Waals surface area contributed by atoms with Crippen LogP contribution in [0.5, 0.6) is 0 Å². The number of nitrogens with zero attached hydrogens (tertiary/aromatic N) is 2. The molecule has 3 aliphatic heterocycles. The van der Waals surface area contributed by atoms with Crippen molar-refractivity contribution in [3.05, 3.63) is 0 Å². The third-order valence-electron chi connectivity index (χ3n) is 5.10. The Morgan fingerprint density at radius 2 is 1.95 bits per heavy atom. The maximum Gasteiger partial charge on any atom is 0.245 e. The summed E-state index contributed by atoms with van der Waals surface area (Å²) in [5.41, 5.74) is 0. The highest BCUT2D eigenvalue weighted by molar-refractivity contribution is 5.88. The molecule has 5 nitrogen and oxygen atoms in total. The molecule has 0 bridgehead atoms. The lowest BCUT2D eigenvalue weighted by Crippen LogP contribution is -2.47. The SMILES string of the molecule is CN1CC[C@H]2CN(C(=O)[C@H]3CCCCC(=O)N3)C[C@H]2C1. The molecule has 0 spiro atoms. The summed E-state index contributed by atoms with van der Waals surface area (Å²) in [7, 11) is 2.16. The van der Waals surface area contributed by atoms with Gasteiger partial charge in [-0.25, -0.2) is 0 Å². The molecule has 0 saturated carbocycles. The van der Waals surface area contributed by atoms with E-state index in [1.165, 1.54) is 6.42 Å². The normalized spacial score (nSPS) is 35.4. The Labute approximate surface area is 120 Å². The second-order valence-corrected chi connectivity index (χ2v) is 6.68. The van der Waals surface area contributed by atoms with Crippen LogP contribution in [0, 0.1) is 11.8 Å². The molecule has 3 aliphatic rings. The minimum absolute atomic E-state index is 0.0391. The second kappa shape index (κ2) is 5.72. The lowest BCUT2D eigenvalue weighted by Gasteiger charge is -2.31. The van der Waals surface area contributed by atoms with E-state index in [-0.39, 0.29) is 17.9 Å². The number of nitrogens with one attached hydrogen (secondary N) is 1. The molecular formula is C15H25N3O2. The van der Waals surface area contributed by atoms with E-state index in [2.05, 4.69) is 17.3 Å². The molecule has 20 heavy (non-hydrogen) atoms. The maximum atomic E-state index is 12.6. The summed E-state index contributed by atoms with van der Waals surface area (Å²) >= 11 is 0. The topological polar surface area (TPSA) is 52.7 Å². The van der Waals surface area contributed by atoms with E-state index in [1.54, 1.807) is 0 Å². The van der Waals surface area contributed by atoms with Gasteiger partial charge >= 0.3 is 0 Å². The van der Waals surface area contributed by atoms with Gasteiger partial charge in [-0.3, -0.25) is 9.59 Å². The number of amides is 2. The molecule has 1 N–H and O–H groups in total. The van der Waals surface area contributed by atoms with E-state index in [9.17, 15) is 9.59 Å². The minimum atomic E-state index is -0.275. The van der Waals surface area contributed by atoms with Gasteiger partial charge in [0.1, 0.15) is 6.04 Å². The van der Waals surface area contributed by atoms with E-state index in [1.807, 2.05) is 4.90 Å². The van der Waals surface area contributed by atoms with E-state index >= 15 is 0 Å². The number of carbonyl (C=O) groups is 2. The van der Waals surface area contributed by atoms with E-state index in [0.29, 0.717) is 18.3 Å². The third-order valence-corrected chi connectivity index (χ3v) is 5.10. The van der Waals surface area contributed by atoms with Crippen LogP contribution in [0.1, 0.15) is 32.1 Å². The van der Waals surface area contributed by atoms with Gasteiger partial charge in [-0.15, -0.1) is 0 Å². The Bertz CT molecular complexity index is 399. The van der Waals surface area contributed by atoms with Gasteiger partial charge < -0.3 is 15.1 Å². The largest absolute Gasteiger partial charge is 0.344 e. The van der Waals surface area contributed by atoms with Crippen molar-refractivity contribution >= 4 is 11.8 Å². The lowest BCUT2D eigenvalue weighted by molar-refractivity contribution is -0.135. The molecule has 3 heterocycles. The summed E-state index contributed by atoms with van der Waals surface area (Å²) in [5, 5.41) is 2.91. The Morgan fingerprint density at radius 3 is 2.80 bits per heavy atom. The smallest absolute Gasteiger partial charge is 0.245 e. The first-order valence-electron chi connectivity index (χ1n) is 7.90. The van der Waals surface area contributed by atoms with Crippen molar-refractivity contribution in [2.75, 3.05) is 33.2 Å². The van der Waals surface area contributed by atoms with Crippen molar-refractivity contribution in [1.29, 1.82) is 0 Å². The number of fused-ring (bicyclic) bond motifs is 1. The Kier molecular flexibility index (Phi) is 3.96. The summed E-state index contributed by atoms with van der Waals surface area (Å²) < 4.78 is 0. The zero-order valence-corrected chi connectivity index (χ0v) is 12.3. The molecule has 5 heteroatoms. The summed E-state index contributed by atoms with van der Waals surface area (Å²) in [5.74, 6) is 1.48. The number of carbonyl (C=O) groups excluding carboxylic acids is 2. The molecular weight excluding hydrogens is 254 g/mol. The number of rotatable bonds is 1. The van der Waals surface area contributed by atoms with Crippen molar-refractivity contribution in [1.82, 2.24) is 15.1 Å². The highest BCUT2D eigenvalue weighted by Crippen LogP contribution is 2.31. The van der Waals surface area contributed by atoms with Crippen LogP contribution < -0.4 is 5.32 Å². The van der Waals surface area contributed by atoms with Crippen LogP contribution in [-0.4, -0.2) is 60.9 Å². The first-order valence-corrected chi connectivity index (χ1v) is 7.90. The average Bonchev–Trinajstić information content (AvgIpc) is 2.71. The lowest BCUT2D eigenvalue weighted by atomic mass is 9.89. The fraction of sp³-hybridized carbons (Fsp3) is 0.867. The molecule has 3 saturated heterocycles. The Hall–Kier alpha value is -1.10. The second-order valence-electron chi connectivity index (χ2n) is 6.68. The van der Waals surface area contributed by atoms with Gasteiger partial charge in [0.15, 0.2) is 0 Å². The predicted molar refractivity (Wildman–Crippen MR) is 76.1 cm³/mol. The van der Waals surface area contributed by atoms with Gasteiger partial charge in [0, 0.05) is 26.1 Å². The summed E-state index contributed by atoms with van der Waals surface area (Å²) in [6.45, 7) is 4.01. The van der Waals surface area contributed by atoms with Gasteiger partial charge in [0.25, 0.3) is 0 Å². The molecule has 0 aliphatic carbocycles. The van der Waals surface area contributed by atoms with Crippen LogP contribution in [0.15, 0.2) is 0 Å². The Balaban J connectivity index is 1.61. The van der Waals surface area contributed by atoms with Gasteiger partial charge in [0.05, 0.1) is 0 Å². The van der Waals surface area contributed by atoms with Gasteiger partial charge in [0.2, 0.25) is 11.8 Å². The molecule has 0 unspecified atom stereocenters. The molecule has 0 aromatic heterocycles. The summed E-state index contributed by atoms with van der Waals surface area (Å²) in [6.07, 6.45) is 4.45. The van der Waals surface area contributed by atoms with Crippen LogP contribution in [0.4, 0.5) is 0 Å². The fourth-order valence-electron chi connectivity index (χ4n) is 3.91. The Morgan fingerprint density at radius 1 is 1.15 bits per heavy atom. The van der Waals surface area contributed by atoms with Crippen LogP contribution in [0.25, 0.3) is 0 Å². The molecule has 2 amide bonds. The predicted octanol–water partition coefficient (Wildman–Crippen LogP) is 0.455. The first-order chi connectivity index (χ1) is 9.63. The monoisotopic (exact) mass is 279 g/mol. The van der Waals surface area contributed by atoms with E-state index in [4.69, 9.17) is 0 Å². The molecule has 0 radical (unpaired) electrons. The molecule has 0 aromatic rings. The zero-order valence-electron chi connectivity index (χ0n) is 12.3. The average molecular weight is 279 g/mol. The van der Waals surface area contributed by atoms with Crippen molar-refractivity contribution in [3.63, 3.8) is 0 Å². The zero-order chi connectivity index (χ0) is 14.1. The highest BCUT2D eigenvalue weighted by atomic mass is 16.2. The molecule has 3 fully saturated rings. The van der Waals surface area contributed by atoms with Gasteiger partial charge in [-0.1, -0.05) is 6.42 Å². The molecule has 0 aromatic carbocycles. The van der Waals surface area contributed by atoms with Crippen molar-refractivity contribution in [3.8, 4) is 0 Å². The van der Waals surface area contributed by atoms with Gasteiger partial charge in [-0.2, -0.15) is 0 Å². The standard InChI is InChI=1S/C15H25N3O2/c1-17-7-6-11-9-18(10-12(11)8-17)15(20)13-4-2-3-5-14(19)16-13/h11-13H,2-10H2,1H3,(H,16,19)/t11-,12+,13+/m0/s1. The molecule has 3 atom stereocenters. The number of likely N-dealkylation sites (tertiary alicyclic amines) is 2. The van der Waals surface area contributed by atoms with Crippen molar-refractivity contribution in [2.45, 2.75) is 38.1 Å². The van der Waals surface area contributed by atoms with Crippen LogP contribution in [0.3, 0.4) is 0 Å². The third kappa shape index (κ3) is 2.82. The summed E-state index contributed by atoms with van der Waals surface area (Å²) in [4.78, 5) is 28.6. The maximum absolute atomic E-state index is 12.6. The van der Waals surface area contributed by atoms with Crippen molar-refractivity contribution in [2.24, 2.45) is 11.8 Å². The van der Waals surface area contributed by atoms with Crippen LogP contribution in [0.2, 0.25) is 0 Å². The quantitative estimate of drug-likeness (QED) is 0.758. The fourth-order valence-corrected chi connectivity index (χ4v) is 3.91. The number of hydrogen-bond donors (Lipinski definition) is 1. The van der Waals surface area contributed by atoms with E-state index < -0.39 is 0 Å². The minimum Gasteiger partial charge on any atom is -0.344 e.